The van der Waals surface area contributed by atoms with Gasteiger partial charge in [0, 0.05) is 17.9 Å². The van der Waals surface area contributed by atoms with Gasteiger partial charge >= 0.3 is 6.03 Å². The van der Waals surface area contributed by atoms with Gasteiger partial charge in [0.1, 0.15) is 5.82 Å². The van der Waals surface area contributed by atoms with Crippen molar-refractivity contribution in [3.05, 3.63) is 77.4 Å². The van der Waals surface area contributed by atoms with E-state index in [9.17, 15) is 14.0 Å². The van der Waals surface area contributed by atoms with Crippen molar-refractivity contribution in [1.29, 1.82) is 0 Å². The van der Waals surface area contributed by atoms with E-state index < -0.39 is 0 Å². The minimum absolute atomic E-state index is 0.203. The lowest BCUT2D eigenvalue weighted by molar-refractivity contribution is 0.0992. The van der Waals surface area contributed by atoms with Crippen molar-refractivity contribution in [3.8, 4) is 0 Å². The molecule has 0 saturated heterocycles. The standard InChI is InChI=1S/C20H18FN3O2S/c1-2-24(16-10-8-14(21)9-11-16)19(25)17-12-13-18(27-17)23-20(26)22-15-6-4-3-5-7-15/h3-13H,2H2,1H3,(H2,22,23,26). The number of urea groups is 1. The summed E-state index contributed by atoms with van der Waals surface area (Å²) in [5.74, 6) is -0.556. The van der Waals surface area contributed by atoms with Gasteiger partial charge in [0.2, 0.25) is 0 Å². The van der Waals surface area contributed by atoms with Crippen molar-refractivity contribution < 1.29 is 14.0 Å². The number of hydrogen-bond acceptors (Lipinski definition) is 3. The van der Waals surface area contributed by atoms with Gasteiger partial charge in [-0.3, -0.25) is 10.1 Å². The highest BCUT2D eigenvalue weighted by Gasteiger charge is 2.18. The number of nitrogens with one attached hydrogen (secondary N) is 2. The molecule has 5 nitrogen and oxygen atoms in total. The first kappa shape index (κ1) is 18.6. The van der Waals surface area contributed by atoms with E-state index >= 15 is 0 Å². The smallest absolute Gasteiger partial charge is 0.308 e. The van der Waals surface area contributed by atoms with Gasteiger partial charge in [-0.25, -0.2) is 9.18 Å². The van der Waals surface area contributed by atoms with E-state index in [1.165, 1.54) is 23.5 Å². The van der Waals surface area contributed by atoms with E-state index in [1.807, 2.05) is 25.1 Å². The van der Waals surface area contributed by atoms with Crippen LogP contribution in [0.1, 0.15) is 16.6 Å². The Morgan fingerprint density at radius 2 is 1.67 bits per heavy atom. The maximum atomic E-state index is 13.1. The number of anilines is 3. The van der Waals surface area contributed by atoms with E-state index in [1.54, 1.807) is 41.3 Å². The highest BCUT2D eigenvalue weighted by molar-refractivity contribution is 7.18. The first-order valence-electron chi connectivity index (χ1n) is 8.37. The molecule has 0 aliphatic rings. The van der Waals surface area contributed by atoms with Crippen LogP contribution in [0.3, 0.4) is 0 Å². The number of carbonyl (C=O) groups is 2. The van der Waals surface area contributed by atoms with Gasteiger partial charge in [-0.1, -0.05) is 18.2 Å². The second kappa shape index (κ2) is 8.46. The van der Waals surface area contributed by atoms with E-state index in [4.69, 9.17) is 0 Å². The van der Waals surface area contributed by atoms with Crippen LogP contribution in [-0.4, -0.2) is 18.5 Å². The van der Waals surface area contributed by atoms with Crippen LogP contribution in [0.5, 0.6) is 0 Å². The Hall–Kier alpha value is -3.19. The topological polar surface area (TPSA) is 61.4 Å². The summed E-state index contributed by atoms with van der Waals surface area (Å²) in [6, 6.07) is 17.8. The van der Waals surface area contributed by atoms with Crippen LogP contribution in [0.25, 0.3) is 0 Å². The molecule has 0 aliphatic heterocycles. The van der Waals surface area contributed by atoms with Crippen LogP contribution in [0.4, 0.5) is 25.6 Å². The van der Waals surface area contributed by atoms with E-state index in [-0.39, 0.29) is 17.8 Å². The lowest BCUT2D eigenvalue weighted by atomic mass is 10.2. The van der Waals surface area contributed by atoms with Crippen molar-refractivity contribution >= 4 is 39.7 Å². The fourth-order valence-electron chi connectivity index (χ4n) is 2.51. The third kappa shape index (κ3) is 4.71. The number of halogens is 1. The number of rotatable bonds is 5. The second-order valence-corrected chi connectivity index (χ2v) is 6.72. The van der Waals surface area contributed by atoms with Crippen LogP contribution in [-0.2, 0) is 0 Å². The van der Waals surface area contributed by atoms with Gasteiger partial charge in [0.15, 0.2) is 0 Å². The molecule has 138 valence electrons. The third-order valence-corrected chi connectivity index (χ3v) is 4.77. The minimum Gasteiger partial charge on any atom is -0.308 e. The summed E-state index contributed by atoms with van der Waals surface area (Å²) >= 11 is 1.18. The molecule has 27 heavy (non-hydrogen) atoms. The quantitative estimate of drug-likeness (QED) is 0.636. The van der Waals surface area contributed by atoms with Gasteiger partial charge in [-0.2, -0.15) is 0 Å². The summed E-state index contributed by atoms with van der Waals surface area (Å²) in [5.41, 5.74) is 1.30. The van der Waals surface area contributed by atoms with Crippen LogP contribution < -0.4 is 15.5 Å². The summed E-state index contributed by atoms with van der Waals surface area (Å²) < 4.78 is 13.1. The molecule has 0 spiro atoms. The number of para-hydroxylation sites is 1. The predicted octanol–water partition coefficient (Wildman–Crippen LogP) is 5.20. The SMILES string of the molecule is CCN(C(=O)c1ccc(NC(=O)Nc2ccccc2)s1)c1ccc(F)cc1. The molecular formula is C20H18FN3O2S. The Bertz CT molecular complexity index is 926. The third-order valence-electron chi connectivity index (χ3n) is 3.78. The lowest BCUT2D eigenvalue weighted by Gasteiger charge is -2.20. The molecule has 0 bridgehead atoms. The molecule has 0 fully saturated rings. The molecule has 3 rings (SSSR count). The van der Waals surface area contributed by atoms with Crippen molar-refractivity contribution in [2.45, 2.75) is 6.92 Å². The number of carbonyl (C=O) groups excluding carboxylic acids is 2. The van der Waals surface area contributed by atoms with Gasteiger partial charge < -0.3 is 10.2 Å². The Labute approximate surface area is 160 Å². The molecule has 1 heterocycles. The summed E-state index contributed by atoms with van der Waals surface area (Å²) in [4.78, 5) is 26.9. The fraction of sp³-hybridized carbons (Fsp3) is 0.100. The van der Waals surface area contributed by atoms with E-state index in [0.29, 0.717) is 27.8 Å². The molecule has 0 radical (unpaired) electrons. The van der Waals surface area contributed by atoms with Gasteiger partial charge in [0.25, 0.3) is 5.91 Å². The molecule has 0 saturated carbocycles. The van der Waals surface area contributed by atoms with E-state index in [2.05, 4.69) is 10.6 Å². The number of amides is 3. The summed E-state index contributed by atoms with van der Waals surface area (Å²) in [6.45, 7) is 2.29. The Morgan fingerprint density at radius 3 is 2.33 bits per heavy atom. The van der Waals surface area contributed by atoms with Gasteiger partial charge in [0.05, 0.1) is 9.88 Å². The monoisotopic (exact) mass is 383 g/mol. The maximum absolute atomic E-state index is 13.1. The number of thiophene rings is 1. The fourth-order valence-corrected chi connectivity index (χ4v) is 3.36. The number of nitrogens with zero attached hydrogens (tertiary/aromatic N) is 1. The van der Waals surface area contributed by atoms with Crippen LogP contribution in [0.15, 0.2) is 66.7 Å². The minimum atomic E-state index is -0.382. The van der Waals surface area contributed by atoms with Crippen molar-refractivity contribution in [2.75, 3.05) is 22.1 Å². The molecule has 3 amide bonds. The molecule has 0 aliphatic carbocycles. The van der Waals surface area contributed by atoms with Crippen molar-refractivity contribution in [3.63, 3.8) is 0 Å². The van der Waals surface area contributed by atoms with Gasteiger partial charge in [-0.05, 0) is 55.5 Å². The highest BCUT2D eigenvalue weighted by atomic mass is 32.1. The summed E-state index contributed by atoms with van der Waals surface area (Å²) in [6.07, 6.45) is 0. The predicted molar refractivity (Wildman–Crippen MR) is 107 cm³/mol. The van der Waals surface area contributed by atoms with Crippen molar-refractivity contribution in [2.24, 2.45) is 0 Å². The Morgan fingerprint density at radius 1 is 0.963 bits per heavy atom. The first-order valence-corrected chi connectivity index (χ1v) is 9.19. The Kier molecular flexibility index (Phi) is 5.83. The first-order chi connectivity index (χ1) is 13.1. The van der Waals surface area contributed by atoms with Gasteiger partial charge in [-0.15, -0.1) is 11.3 Å². The maximum Gasteiger partial charge on any atom is 0.324 e. The molecule has 2 aromatic carbocycles. The molecule has 7 heteroatoms. The molecule has 0 unspecified atom stereocenters. The lowest BCUT2D eigenvalue weighted by Crippen LogP contribution is -2.29. The highest BCUT2D eigenvalue weighted by Crippen LogP contribution is 2.26. The second-order valence-electron chi connectivity index (χ2n) is 5.63. The summed E-state index contributed by atoms with van der Waals surface area (Å²) in [5, 5.41) is 6.00. The average Bonchev–Trinajstić information content (AvgIpc) is 3.13. The number of hydrogen-bond donors (Lipinski definition) is 2. The molecule has 2 N–H and O–H groups in total. The van der Waals surface area contributed by atoms with Crippen molar-refractivity contribution in [1.82, 2.24) is 0 Å². The average molecular weight is 383 g/mol. The molecule has 3 aromatic rings. The zero-order chi connectivity index (χ0) is 19.2. The normalized spacial score (nSPS) is 10.3. The number of benzene rings is 2. The van der Waals surface area contributed by atoms with Crippen LogP contribution >= 0.6 is 11.3 Å². The molecule has 0 atom stereocenters. The Balaban J connectivity index is 1.67. The molecular weight excluding hydrogens is 365 g/mol. The summed E-state index contributed by atoms with van der Waals surface area (Å²) in [7, 11) is 0. The zero-order valence-electron chi connectivity index (χ0n) is 14.6. The van der Waals surface area contributed by atoms with Crippen LogP contribution in [0.2, 0.25) is 0 Å². The largest absolute Gasteiger partial charge is 0.324 e. The van der Waals surface area contributed by atoms with E-state index in [0.717, 1.165) is 0 Å². The zero-order valence-corrected chi connectivity index (χ0v) is 15.4. The molecule has 1 aromatic heterocycles. The van der Waals surface area contributed by atoms with Crippen LogP contribution in [0, 0.1) is 5.82 Å².